The number of rotatable bonds is 29. The van der Waals surface area contributed by atoms with Crippen molar-refractivity contribution in [1.29, 1.82) is 0 Å². The fourth-order valence-electron chi connectivity index (χ4n) is 5.89. The quantitative estimate of drug-likeness (QED) is 0.0511. The lowest BCUT2D eigenvalue weighted by atomic mass is 9.88. The molecule has 0 radical (unpaired) electrons. The summed E-state index contributed by atoms with van der Waals surface area (Å²) in [5, 5.41) is 5.91. The lowest BCUT2D eigenvalue weighted by molar-refractivity contribution is -0.697. The number of pyridine rings is 1. The first kappa shape index (κ1) is 42.6. The highest BCUT2D eigenvalue weighted by molar-refractivity contribution is 5.84. The normalized spacial score (nSPS) is 12.1. The van der Waals surface area contributed by atoms with Crippen molar-refractivity contribution in [3.8, 4) is 0 Å². The molecule has 1 atom stereocenters. The number of nitrogens with zero attached hydrogens (tertiary/aromatic N) is 1. The molecule has 0 bridgehead atoms. The highest BCUT2D eigenvalue weighted by Crippen LogP contribution is 2.20. The summed E-state index contributed by atoms with van der Waals surface area (Å²) in [6, 6.07) is 3.86. The van der Waals surface area contributed by atoms with Crippen LogP contribution >= 0.6 is 0 Å². The summed E-state index contributed by atoms with van der Waals surface area (Å²) in [4.78, 5) is 37.2. The van der Waals surface area contributed by atoms with Crippen molar-refractivity contribution in [3.05, 3.63) is 30.1 Å². The Bertz CT molecular complexity index is 942. The van der Waals surface area contributed by atoms with Crippen LogP contribution in [0.3, 0.4) is 0 Å². The number of carbonyl (C=O) groups excluding carboxylic acids is 3. The summed E-state index contributed by atoms with van der Waals surface area (Å²) in [7, 11) is 0. The molecule has 0 aliphatic rings. The number of unbranched alkanes of at least 4 members (excludes halogenated alkanes) is 16. The third-order valence-electron chi connectivity index (χ3n) is 8.98. The summed E-state index contributed by atoms with van der Waals surface area (Å²) >= 11 is 0. The Morgan fingerprint density at radius 3 is 1.72 bits per heavy atom. The average molecular weight is 659 g/mol. The molecule has 2 N–H and O–H groups in total. The highest BCUT2D eigenvalue weighted by atomic mass is 16.5. The molecule has 1 heterocycles. The molecule has 1 unspecified atom stereocenters. The molecule has 47 heavy (non-hydrogen) atoms. The van der Waals surface area contributed by atoms with Crippen LogP contribution in [0.2, 0.25) is 0 Å². The Morgan fingerprint density at radius 1 is 0.681 bits per heavy atom. The fourth-order valence-corrected chi connectivity index (χ4v) is 5.89. The zero-order valence-corrected chi connectivity index (χ0v) is 31.1. The van der Waals surface area contributed by atoms with Crippen LogP contribution in [0.25, 0.3) is 0 Å². The number of aryl methyl sites for hydroxylation is 1. The SMILES string of the molecule is CCCCCCCCCCCC(=O)NCCCCC(NC(=O)CCCCCCCCCC[n+]1ccc(C(C)(C)C)cc1)C(=O)OCC. The molecule has 1 rings (SSSR count). The van der Waals surface area contributed by atoms with E-state index in [0.29, 0.717) is 32.4 Å². The van der Waals surface area contributed by atoms with Gasteiger partial charge in [-0.3, -0.25) is 9.59 Å². The molecule has 0 fully saturated rings. The van der Waals surface area contributed by atoms with E-state index in [0.717, 1.165) is 51.5 Å². The van der Waals surface area contributed by atoms with Gasteiger partial charge in [0.1, 0.15) is 12.6 Å². The lowest BCUT2D eigenvalue weighted by Gasteiger charge is -2.17. The first-order valence-electron chi connectivity index (χ1n) is 19.4. The van der Waals surface area contributed by atoms with E-state index in [9.17, 15) is 14.4 Å². The highest BCUT2D eigenvalue weighted by Gasteiger charge is 2.21. The number of esters is 1. The van der Waals surface area contributed by atoms with E-state index in [2.05, 4.69) is 67.4 Å². The third-order valence-corrected chi connectivity index (χ3v) is 8.98. The van der Waals surface area contributed by atoms with E-state index in [-0.39, 0.29) is 23.2 Å². The van der Waals surface area contributed by atoms with Crippen LogP contribution in [-0.4, -0.2) is 37.0 Å². The molecule has 0 saturated carbocycles. The van der Waals surface area contributed by atoms with Crippen LogP contribution in [0.15, 0.2) is 24.5 Å². The van der Waals surface area contributed by atoms with Gasteiger partial charge >= 0.3 is 5.97 Å². The largest absolute Gasteiger partial charge is 0.464 e. The first-order valence-corrected chi connectivity index (χ1v) is 19.4. The van der Waals surface area contributed by atoms with Gasteiger partial charge in [-0.25, -0.2) is 9.36 Å². The standard InChI is InChI=1S/C40H71N3O4/c1-6-8-9-10-11-12-15-18-21-27-37(44)41-31-24-23-26-36(39(46)47-7-2)42-38(45)28-22-19-16-13-14-17-20-25-32-43-33-29-35(30-34-43)40(3,4)5/h29-30,33-34,36H,6-28,31-32H2,1-5H3,(H-,41,42,44,45)/p+1. The van der Waals surface area contributed by atoms with Gasteiger partial charge in [0.15, 0.2) is 12.4 Å². The number of hydrogen-bond acceptors (Lipinski definition) is 4. The summed E-state index contributed by atoms with van der Waals surface area (Å²) < 4.78 is 7.50. The van der Waals surface area contributed by atoms with Gasteiger partial charge in [-0.15, -0.1) is 0 Å². The first-order chi connectivity index (χ1) is 22.7. The predicted molar refractivity (Wildman–Crippen MR) is 194 cm³/mol. The van der Waals surface area contributed by atoms with Gasteiger partial charge in [-0.2, -0.15) is 0 Å². The molecule has 0 spiro atoms. The van der Waals surface area contributed by atoms with Crippen LogP contribution in [0, 0.1) is 0 Å². The maximum Gasteiger partial charge on any atom is 0.328 e. The third kappa shape index (κ3) is 23.5. The Hall–Kier alpha value is -2.44. The Kier molecular flexibility index (Phi) is 24.9. The number of aromatic nitrogens is 1. The lowest BCUT2D eigenvalue weighted by Crippen LogP contribution is -2.41. The minimum atomic E-state index is -0.616. The van der Waals surface area contributed by atoms with Crippen molar-refractivity contribution < 1.29 is 23.7 Å². The van der Waals surface area contributed by atoms with Gasteiger partial charge in [-0.05, 0) is 56.4 Å². The molecule has 1 aromatic rings. The number of amides is 2. The molecule has 0 saturated heterocycles. The van der Waals surface area contributed by atoms with Crippen molar-refractivity contribution >= 4 is 17.8 Å². The molecule has 1 aromatic heterocycles. The van der Waals surface area contributed by atoms with Crippen molar-refractivity contribution in [2.45, 2.75) is 194 Å². The molecule has 7 nitrogen and oxygen atoms in total. The molecule has 0 aliphatic carbocycles. The number of ether oxygens (including phenoxy) is 1. The van der Waals surface area contributed by atoms with Gasteiger partial charge < -0.3 is 15.4 Å². The van der Waals surface area contributed by atoms with Crippen LogP contribution in [0.4, 0.5) is 0 Å². The summed E-state index contributed by atoms with van der Waals surface area (Å²) in [5.74, 6) is -0.332. The van der Waals surface area contributed by atoms with E-state index in [4.69, 9.17) is 4.74 Å². The maximum absolute atomic E-state index is 12.6. The van der Waals surface area contributed by atoms with E-state index < -0.39 is 6.04 Å². The Labute approximate surface area is 288 Å². The van der Waals surface area contributed by atoms with Crippen molar-refractivity contribution in [2.24, 2.45) is 0 Å². The average Bonchev–Trinajstić information content (AvgIpc) is 3.04. The van der Waals surface area contributed by atoms with Crippen LogP contribution in [0.1, 0.15) is 181 Å². The number of carbonyl (C=O) groups is 3. The minimum Gasteiger partial charge on any atom is -0.464 e. The second-order valence-electron chi connectivity index (χ2n) is 14.4. The van der Waals surface area contributed by atoms with E-state index in [1.54, 1.807) is 6.92 Å². The van der Waals surface area contributed by atoms with Gasteiger partial charge in [0.05, 0.1) is 6.61 Å². The molecule has 7 heteroatoms. The van der Waals surface area contributed by atoms with Gasteiger partial charge in [0.2, 0.25) is 11.8 Å². The predicted octanol–water partition coefficient (Wildman–Crippen LogP) is 9.04. The smallest absolute Gasteiger partial charge is 0.328 e. The second kappa shape index (κ2) is 27.5. The van der Waals surface area contributed by atoms with Crippen molar-refractivity contribution in [3.63, 3.8) is 0 Å². The van der Waals surface area contributed by atoms with Gasteiger partial charge in [-0.1, -0.05) is 111 Å². The van der Waals surface area contributed by atoms with Crippen LogP contribution < -0.4 is 15.2 Å². The minimum absolute atomic E-state index is 0.0784. The molecule has 0 aliphatic heterocycles. The summed E-state index contributed by atoms with van der Waals surface area (Å²) in [5.41, 5.74) is 1.57. The molecular formula is C40H72N3O4+. The maximum atomic E-state index is 12.6. The topological polar surface area (TPSA) is 88.4 Å². The Balaban J connectivity index is 2.09. The van der Waals surface area contributed by atoms with Crippen LogP contribution in [-0.2, 0) is 31.1 Å². The zero-order valence-electron chi connectivity index (χ0n) is 31.1. The van der Waals surface area contributed by atoms with E-state index in [1.807, 2.05) is 0 Å². The van der Waals surface area contributed by atoms with Crippen LogP contribution in [0.5, 0.6) is 0 Å². The number of nitrogens with one attached hydrogen (secondary N) is 2. The van der Waals surface area contributed by atoms with E-state index >= 15 is 0 Å². The van der Waals surface area contributed by atoms with Crippen molar-refractivity contribution in [2.75, 3.05) is 13.2 Å². The van der Waals surface area contributed by atoms with Gasteiger partial charge in [0.25, 0.3) is 0 Å². The molecular weight excluding hydrogens is 586 g/mol. The molecule has 2 amide bonds. The molecule has 0 aromatic carbocycles. The monoisotopic (exact) mass is 659 g/mol. The van der Waals surface area contributed by atoms with E-state index in [1.165, 1.54) is 82.6 Å². The number of hydrogen-bond donors (Lipinski definition) is 2. The summed E-state index contributed by atoms with van der Waals surface area (Å²) in [6.07, 6.45) is 27.8. The second-order valence-corrected chi connectivity index (χ2v) is 14.4. The molecule has 270 valence electrons. The Morgan fingerprint density at radius 2 is 1.19 bits per heavy atom. The fraction of sp³-hybridized carbons (Fsp3) is 0.800. The zero-order chi connectivity index (χ0) is 34.6. The van der Waals surface area contributed by atoms with Gasteiger partial charge in [0, 0.05) is 37.9 Å². The summed E-state index contributed by atoms with van der Waals surface area (Å²) in [6.45, 7) is 12.7. The van der Waals surface area contributed by atoms with Crippen molar-refractivity contribution in [1.82, 2.24) is 10.6 Å².